The quantitative estimate of drug-likeness (QED) is 0.786. The summed E-state index contributed by atoms with van der Waals surface area (Å²) >= 11 is 0. The molecule has 0 atom stereocenters. The van der Waals surface area contributed by atoms with Crippen molar-refractivity contribution in [2.45, 2.75) is 6.36 Å². The summed E-state index contributed by atoms with van der Waals surface area (Å²) in [4.78, 5) is 4.17. The average molecular weight is 293 g/mol. The topological polar surface area (TPSA) is 53.1 Å². The third-order valence-electron chi connectivity index (χ3n) is 2.90. The molecular formula is C14H10F3N3O. The maximum Gasteiger partial charge on any atom is 0.573 e. The summed E-state index contributed by atoms with van der Waals surface area (Å²) in [7, 11) is 0. The Morgan fingerprint density at radius 3 is 2.57 bits per heavy atom. The van der Waals surface area contributed by atoms with E-state index in [1.165, 1.54) is 18.2 Å². The van der Waals surface area contributed by atoms with E-state index in [0.717, 1.165) is 0 Å². The summed E-state index contributed by atoms with van der Waals surface area (Å²) in [5.41, 5.74) is 7.67. The van der Waals surface area contributed by atoms with Gasteiger partial charge >= 0.3 is 6.36 Å². The number of hydrogen-bond acceptors (Lipinski definition) is 3. The van der Waals surface area contributed by atoms with Crippen molar-refractivity contribution in [2.75, 3.05) is 5.73 Å². The number of hydrogen-bond donors (Lipinski definition) is 1. The largest absolute Gasteiger partial charge is 0.573 e. The van der Waals surface area contributed by atoms with Gasteiger partial charge in [0, 0.05) is 6.07 Å². The third-order valence-corrected chi connectivity index (χ3v) is 2.90. The predicted molar refractivity (Wildman–Crippen MR) is 72.2 cm³/mol. The lowest BCUT2D eigenvalue weighted by Gasteiger charge is -2.11. The lowest BCUT2D eigenvalue weighted by atomic mass is 10.2. The molecule has 2 N–H and O–H groups in total. The molecule has 0 aliphatic rings. The minimum atomic E-state index is -4.73. The summed E-state index contributed by atoms with van der Waals surface area (Å²) in [5, 5.41) is 0. The fourth-order valence-electron chi connectivity index (χ4n) is 2.14. The van der Waals surface area contributed by atoms with Crippen molar-refractivity contribution >= 4 is 17.0 Å². The average Bonchev–Trinajstić information content (AvgIpc) is 2.72. The van der Waals surface area contributed by atoms with E-state index in [0.29, 0.717) is 16.7 Å². The zero-order valence-electron chi connectivity index (χ0n) is 10.6. The van der Waals surface area contributed by atoms with E-state index < -0.39 is 6.36 Å². The molecule has 0 fully saturated rings. The van der Waals surface area contributed by atoms with Crippen molar-refractivity contribution in [3.8, 4) is 11.4 Å². The smallest absolute Gasteiger partial charge is 0.406 e. The summed E-state index contributed by atoms with van der Waals surface area (Å²) in [6.45, 7) is 0. The zero-order chi connectivity index (χ0) is 15.0. The molecule has 3 aromatic rings. The summed E-state index contributed by atoms with van der Waals surface area (Å²) in [6, 6.07) is 12.8. The van der Waals surface area contributed by atoms with Crippen LogP contribution in [0.1, 0.15) is 0 Å². The molecule has 1 heterocycles. The summed E-state index contributed by atoms with van der Waals surface area (Å²) in [6.07, 6.45) is -4.73. The van der Waals surface area contributed by atoms with Crippen LogP contribution in [0.5, 0.6) is 5.75 Å². The number of nitrogens with zero attached hydrogens (tertiary/aromatic N) is 2. The first-order valence-corrected chi connectivity index (χ1v) is 6.03. The van der Waals surface area contributed by atoms with Gasteiger partial charge in [0.05, 0.1) is 16.7 Å². The first kappa shape index (κ1) is 13.3. The number of aromatic nitrogens is 2. The molecule has 0 saturated carbocycles. The van der Waals surface area contributed by atoms with Crippen molar-refractivity contribution in [2.24, 2.45) is 0 Å². The highest BCUT2D eigenvalue weighted by molar-refractivity contribution is 5.80. The minimum Gasteiger partial charge on any atom is -0.406 e. The Balaban J connectivity index is 2.11. The molecule has 7 heteroatoms. The van der Waals surface area contributed by atoms with Crippen molar-refractivity contribution < 1.29 is 17.9 Å². The highest BCUT2D eigenvalue weighted by Gasteiger charge is 2.31. The van der Waals surface area contributed by atoms with Crippen LogP contribution < -0.4 is 10.5 Å². The van der Waals surface area contributed by atoms with Crippen LogP contribution in [-0.2, 0) is 0 Å². The van der Waals surface area contributed by atoms with Gasteiger partial charge in [-0.3, -0.25) is 4.57 Å². The number of para-hydroxylation sites is 2. The predicted octanol–water partition coefficient (Wildman–Crippen LogP) is 3.51. The van der Waals surface area contributed by atoms with Gasteiger partial charge in [-0.15, -0.1) is 13.2 Å². The second-order valence-corrected chi connectivity index (χ2v) is 4.34. The van der Waals surface area contributed by atoms with E-state index in [2.05, 4.69) is 9.72 Å². The molecule has 108 valence electrons. The van der Waals surface area contributed by atoms with Crippen LogP contribution in [0.2, 0.25) is 0 Å². The Morgan fingerprint density at radius 1 is 1.05 bits per heavy atom. The molecule has 0 radical (unpaired) electrons. The Bertz CT molecular complexity index is 796. The number of ether oxygens (including phenoxy) is 1. The number of alkyl halides is 3. The maximum absolute atomic E-state index is 12.3. The number of imidazole rings is 1. The van der Waals surface area contributed by atoms with Gasteiger partial charge in [-0.05, 0) is 24.3 Å². The van der Waals surface area contributed by atoms with Crippen molar-refractivity contribution in [1.82, 2.24) is 9.55 Å². The van der Waals surface area contributed by atoms with E-state index in [4.69, 9.17) is 5.73 Å². The number of rotatable bonds is 2. The molecule has 3 rings (SSSR count). The molecule has 0 unspecified atom stereocenters. The number of benzene rings is 2. The summed E-state index contributed by atoms with van der Waals surface area (Å²) in [5.74, 6) is -0.113. The lowest BCUT2D eigenvalue weighted by Crippen LogP contribution is -2.17. The number of nitrogen functional groups attached to an aromatic ring is 1. The number of nitrogens with two attached hydrogens (primary N) is 1. The van der Waals surface area contributed by atoms with Crippen LogP contribution in [0.4, 0.5) is 19.1 Å². The number of halogens is 3. The zero-order valence-corrected chi connectivity index (χ0v) is 10.6. The Morgan fingerprint density at radius 2 is 1.81 bits per heavy atom. The Labute approximate surface area is 117 Å². The van der Waals surface area contributed by atoms with Gasteiger partial charge in [-0.2, -0.15) is 0 Å². The normalized spacial score (nSPS) is 11.8. The maximum atomic E-state index is 12.3. The molecule has 0 spiro atoms. The van der Waals surface area contributed by atoms with Gasteiger partial charge in [0.2, 0.25) is 5.95 Å². The molecule has 2 aromatic carbocycles. The number of fused-ring (bicyclic) bond motifs is 1. The third kappa shape index (κ3) is 2.62. The Hall–Kier alpha value is -2.70. The minimum absolute atomic E-state index is 0.195. The first-order valence-electron chi connectivity index (χ1n) is 6.03. The van der Waals surface area contributed by atoms with Crippen LogP contribution >= 0.6 is 0 Å². The molecule has 0 aliphatic heterocycles. The van der Waals surface area contributed by atoms with E-state index >= 15 is 0 Å². The monoisotopic (exact) mass is 293 g/mol. The molecule has 0 bridgehead atoms. The fraction of sp³-hybridized carbons (Fsp3) is 0.0714. The van der Waals surface area contributed by atoms with Gasteiger partial charge in [-0.1, -0.05) is 18.2 Å². The van der Waals surface area contributed by atoms with Crippen molar-refractivity contribution in [3.05, 3.63) is 48.5 Å². The molecule has 0 amide bonds. The molecule has 0 saturated heterocycles. The van der Waals surface area contributed by atoms with Crippen LogP contribution in [-0.4, -0.2) is 15.9 Å². The van der Waals surface area contributed by atoms with Crippen LogP contribution in [0.25, 0.3) is 16.7 Å². The van der Waals surface area contributed by atoms with Crippen molar-refractivity contribution in [1.29, 1.82) is 0 Å². The second kappa shape index (κ2) is 4.69. The fourth-order valence-corrected chi connectivity index (χ4v) is 2.14. The highest BCUT2D eigenvalue weighted by atomic mass is 19.4. The summed E-state index contributed by atoms with van der Waals surface area (Å²) < 4.78 is 42.3. The standard InChI is InChI=1S/C14H10F3N3O/c15-14(16,17)21-10-5-3-4-9(8-10)20-12-7-2-1-6-11(12)19-13(20)18/h1-8H,(H2,18,19). The molecule has 0 aliphatic carbocycles. The van der Waals surface area contributed by atoms with E-state index in [-0.39, 0.29) is 11.7 Å². The van der Waals surface area contributed by atoms with Gasteiger partial charge < -0.3 is 10.5 Å². The van der Waals surface area contributed by atoms with Crippen LogP contribution in [0, 0.1) is 0 Å². The van der Waals surface area contributed by atoms with E-state index in [1.54, 1.807) is 28.8 Å². The van der Waals surface area contributed by atoms with Gasteiger partial charge in [0.25, 0.3) is 0 Å². The molecule has 1 aromatic heterocycles. The highest BCUT2D eigenvalue weighted by Crippen LogP contribution is 2.28. The molecule has 4 nitrogen and oxygen atoms in total. The number of anilines is 1. The molecular weight excluding hydrogens is 283 g/mol. The molecule has 21 heavy (non-hydrogen) atoms. The van der Waals surface area contributed by atoms with Gasteiger partial charge in [0.15, 0.2) is 0 Å². The first-order chi connectivity index (χ1) is 9.94. The SMILES string of the molecule is Nc1nc2ccccc2n1-c1cccc(OC(F)(F)F)c1. The van der Waals surface area contributed by atoms with Crippen molar-refractivity contribution in [3.63, 3.8) is 0 Å². The van der Waals surface area contributed by atoms with E-state index in [9.17, 15) is 13.2 Å². The van der Waals surface area contributed by atoms with Crippen LogP contribution in [0.3, 0.4) is 0 Å². The second-order valence-electron chi connectivity index (χ2n) is 4.34. The van der Waals surface area contributed by atoms with Gasteiger partial charge in [-0.25, -0.2) is 4.98 Å². The van der Waals surface area contributed by atoms with Gasteiger partial charge in [0.1, 0.15) is 5.75 Å². The van der Waals surface area contributed by atoms with Crippen LogP contribution in [0.15, 0.2) is 48.5 Å². The van der Waals surface area contributed by atoms with E-state index in [1.807, 2.05) is 6.07 Å². The Kier molecular flexibility index (Phi) is 2.97. The lowest BCUT2D eigenvalue weighted by molar-refractivity contribution is -0.274.